The van der Waals surface area contributed by atoms with Gasteiger partial charge in [0, 0.05) is 11.4 Å². The fourth-order valence-corrected chi connectivity index (χ4v) is 1.78. The van der Waals surface area contributed by atoms with Crippen molar-refractivity contribution in [3.63, 3.8) is 0 Å². The summed E-state index contributed by atoms with van der Waals surface area (Å²) in [6, 6.07) is 6.49. The molecule has 0 amide bonds. The summed E-state index contributed by atoms with van der Waals surface area (Å²) in [7, 11) is 0. The van der Waals surface area contributed by atoms with E-state index < -0.39 is 0 Å². The van der Waals surface area contributed by atoms with Gasteiger partial charge in [-0.1, -0.05) is 31.7 Å². The monoisotopic (exact) mass is 215 g/mol. The molecule has 0 aliphatic carbocycles. The van der Waals surface area contributed by atoms with Crippen molar-refractivity contribution in [2.75, 3.05) is 5.32 Å². The molecule has 1 heteroatoms. The number of hydrogen-bond acceptors (Lipinski definition) is 1. The quantitative estimate of drug-likeness (QED) is 0.721. The lowest BCUT2D eigenvalue weighted by Gasteiger charge is -2.12. The molecule has 0 aliphatic heterocycles. The number of rotatable bonds is 5. The van der Waals surface area contributed by atoms with Crippen molar-refractivity contribution >= 4 is 5.69 Å². The van der Waals surface area contributed by atoms with E-state index in [0.717, 1.165) is 24.2 Å². The summed E-state index contributed by atoms with van der Waals surface area (Å²) >= 11 is 0. The molecular formula is C15H21N. The van der Waals surface area contributed by atoms with E-state index in [4.69, 9.17) is 0 Å². The first-order valence-electron chi connectivity index (χ1n) is 5.71. The highest BCUT2D eigenvalue weighted by Crippen LogP contribution is 2.20. The minimum atomic E-state index is 0.953. The van der Waals surface area contributed by atoms with Gasteiger partial charge in [-0.25, -0.2) is 0 Å². The number of benzene rings is 1. The van der Waals surface area contributed by atoms with Crippen LogP contribution in [0.5, 0.6) is 0 Å². The van der Waals surface area contributed by atoms with E-state index in [1.54, 1.807) is 0 Å². The van der Waals surface area contributed by atoms with Gasteiger partial charge in [-0.15, -0.1) is 0 Å². The van der Waals surface area contributed by atoms with E-state index in [9.17, 15) is 0 Å². The molecule has 0 aliphatic rings. The second kappa shape index (κ2) is 5.55. The Morgan fingerprint density at radius 1 is 1.19 bits per heavy atom. The van der Waals surface area contributed by atoms with Crippen LogP contribution in [0.25, 0.3) is 0 Å². The molecule has 1 aromatic rings. The zero-order chi connectivity index (χ0) is 12.1. The predicted octanol–water partition coefficient (Wildman–Crippen LogP) is 4.31. The molecule has 1 nitrogen and oxygen atoms in total. The van der Waals surface area contributed by atoms with E-state index in [0.29, 0.717) is 0 Å². The number of anilines is 1. The highest BCUT2D eigenvalue weighted by Gasteiger charge is 2.03. The summed E-state index contributed by atoms with van der Waals surface area (Å²) in [5.74, 6) is 0. The fourth-order valence-electron chi connectivity index (χ4n) is 1.78. The molecule has 16 heavy (non-hydrogen) atoms. The smallest absolute Gasteiger partial charge is 0.0384 e. The first kappa shape index (κ1) is 12.6. The van der Waals surface area contributed by atoms with Crippen molar-refractivity contribution in [2.24, 2.45) is 0 Å². The van der Waals surface area contributed by atoms with Crippen LogP contribution >= 0.6 is 0 Å². The van der Waals surface area contributed by atoms with E-state index in [2.05, 4.69) is 50.5 Å². The highest BCUT2D eigenvalue weighted by atomic mass is 14.9. The largest absolute Gasteiger partial charge is 0.360 e. The van der Waals surface area contributed by atoms with Gasteiger partial charge >= 0.3 is 0 Å². The summed E-state index contributed by atoms with van der Waals surface area (Å²) in [6.45, 7) is 14.0. The standard InChI is InChI=1S/C15H21N/c1-6-13-7-8-15(16-12(4)5)10-14(13)9-11(2)3/h7-8,10,16H,2,4,6,9H2,1,3,5H3. The van der Waals surface area contributed by atoms with Crippen molar-refractivity contribution in [1.82, 2.24) is 0 Å². The van der Waals surface area contributed by atoms with Crippen LogP contribution in [0.2, 0.25) is 0 Å². The topological polar surface area (TPSA) is 12.0 Å². The van der Waals surface area contributed by atoms with E-state index >= 15 is 0 Å². The molecule has 1 aromatic carbocycles. The Kier molecular flexibility index (Phi) is 4.36. The number of aryl methyl sites for hydroxylation is 1. The lowest BCUT2D eigenvalue weighted by Crippen LogP contribution is -1.98. The molecule has 1 rings (SSSR count). The van der Waals surface area contributed by atoms with Gasteiger partial charge in [-0.3, -0.25) is 0 Å². The van der Waals surface area contributed by atoms with Gasteiger partial charge in [0.25, 0.3) is 0 Å². The Morgan fingerprint density at radius 3 is 2.38 bits per heavy atom. The summed E-state index contributed by atoms with van der Waals surface area (Å²) in [5.41, 5.74) is 6.03. The Bertz CT molecular complexity index is 402. The fraction of sp³-hybridized carbons (Fsp3) is 0.333. The van der Waals surface area contributed by atoms with Gasteiger partial charge < -0.3 is 5.32 Å². The molecular weight excluding hydrogens is 194 g/mol. The van der Waals surface area contributed by atoms with Gasteiger partial charge in [0.15, 0.2) is 0 Å². The van der Waals surface area contributed by atoms with Crippen LogP contribution < -0.4 is 5.32 Å². The first-order valence-corrected chi connectivity index (χ1v) is 5.71. The highest BCUT2D eigenvalue weighted by molar-refractivity contribution is 5.52. The second-order valence-corrected chi connectivity index (χ2v) is 4.38. The second-order valence-electron chi connectivity index (χ2n) is 4.38. The van der Waals surface area contributed by atoms with E-state index in [1.807, 2.05) is 6.92 Å². The van der Waals surface area contributed by atoms with Gasteiger partial charge in [-0.2, -0.15) is 0 Å². The average Bonchev–Trinajstić information content (AvgIpc) is 2.16. The Hall–Kier alpha value is -1.50. The molecule has 0 radical (unpaired) electrons. The molecule has 0 atom stereocenters. The van der Waals surface area contributed by atoms with Gasteiger partial charge in [0.05, 0.1) is 0 Å². The van der Waals surface area contributed by atoms with Crippen molar-refractivity contribution in [3.05, 3.63) is 53.8 Å². The van der Waals surface area contributed by atoms with Gasteiger partial charge in [-0.05, 0) is 49.9 Å². The normalized spacial score (nSPS) is 9.94. The summed E-state index contributed by atoms with van der Waals surface area (Å²) < 4.78 is 0. The Balaban J connectivity index is 3.00. The lowest BCUT2D eigenvalue weighted by molar-refractivity contribution is 1.05. The molecule has 0 saturated carbocycles. The Labute approximate surface area is 98.9 Å². The van der Waals surface area contributed by atoms with Crippen LogP contribution in [-0.2, 0) is 12.8 Å². The number of nitrogens with one attached hydrogen (secondary N) is 1. The minimum absolute atomic E-state index is 0.953. The Morgan fingerprint density at radius 2 is 1.88 bits per heavy atom. The van der Waals surface area contributed by atoms with Crippen molar-refractivity contribution in [3.8, 4) is 0 Å². The van der Waals surface area contributed by atoms with Crippen LogP contribution in [-0.4, -0.2) is 0 Å². The van der Waals surface area contributed by atoms with Gasteiger partial charge in [0.2, 0.25) is 0 Å². The molecule has 0 aromatic heterocycles. The molecule has 0 heterocycles. The third-order valence-electron chi connectivity index (χ3n) is 2.44. The summed E-state index contributed by atoms with van der Waals surface area (Å²) in [6.07, 6.45) is 2.02. The third-order valence-corrected chi connectivity index (χ3v) is 2.44. The van der Waals surface area contributed by atoms with Crippen molar-refractivity contribution < 1.29 is 0 Å². The molecule has 0 unspecified atom stereocenters. The molecule has 1 N–H and O–H groups in total. The number of allylic oxidation sites excluding steroid dienone is 2. The molecule has 0 spiro atoms. The van der Waals surface area contributed by atoms with Gasteiger partial charge in [0.1, 0.15) is 0 Å². The molecule has 0 bridgehead atoms. The maximum atomic E-state index is 3.98. The zero-order valence-corrected chi connectivity index (χ0v) is 10.6. The molecule has 86 valence electrons. The SMILES string of the molecule is C=C(C)Cc1cc(NC(=C)C)ccc1CC. The summed E-state index contributed by atoms with van der Waals surface area (Å²) in [4.78, 5) is 0. The van der Waals surface area contributed by atoms with Crippen LogP contribution in [0.15, 0.2) is 42.6 Å². The molecule has 0 fully saturated rings. The minimum Gasteiger partial charge on any atom is -0.360 e. The summed E-state index contributed by atoms with van der Waals surface area (Å²) in [5, 5.41) is 3.25. The maximum Gasteiger partial charge on any atom is 0.0384 e. The van der Waals surface area contributed by atoms with Crippen LogP contribution in [0.3, 0.4) is 0 Å². The van der Waals surface area contributed by atoms with E-state index in [1.165, 1.54) is 16.7 Å². The van der Waals surface area contributed by atoms with E-state index in [-0.39, 0.29) is 0 Å². The number of hydrogen-bond donors (Lipinski definition) is 1. The maximum absolute atomic E-state index is 3.98. The zero-order valence-electron chi connectivity index (χ0n) is 10.6. The van der Waals surface area contributed by atoms with Crippen molar-refractivity contribution in [2.45, 2.75) is 33.6 Å². The first-order chi connectivity index (χ1) is 7.52. The lowest BCUT2D eigenvalue weighted by atomic mass is 9.99. The van der Waals surface area contributed by atoms with Crippen LogP contribution in [0, 0.1) is 0 Å². The van der Waals surface area contributed by atoms with Crippen LogP contribution in [0.4, 0.5) is 5.69 Å². The van der Waals surface area contributed by atoms with Crippen LogP contribution in [0.1, 0.15) is 31.9 Å². The van der Waals surface area contributed by atoms with Crippen molar-refractivity contribution in [1.29, 1.82) is 0 Å². The third kappa shape index (κ3) is 3.58. The molecule has 0 saturated heterocycles. The predicted molar refractivity (Wildman–Crippen MR) is 72.8 cm³/mol. The average molecular weight is 215 g/mol.